The van der Waals surface area contributed by atoms with Gasteiger partial charge in [0, 0.05) is 19.1 Å². The molecule has 0 aromatic rings. The molecule has 1 heterocycles. The van der Waals surface area contributed by atoms with Gasteiger partial charge in [-0.1, -0.05) is 0 Å². The number of likely N-dealkylation sites (tertiary alicyclic amines) is 1. The molecule has 0 radical (unpaired) electrons. The van der Waals surface area contributed by atoms with Gasteiger partial charge in [-0.3, -0.25) is 4.79 Å². The summed E-state index contributed by atoms with van der Waals surface area (Å²) < 4.78 is 24.6. The van der Waals surface area contributed by atoms with Crippen molar-refractivity contribution in [1.29, 1.82) is 0 Å². The molecular formula is C7H11ClF2N2O. The molecule has 0 spiro atoms. The van der Waals surface area contributed by atoms with Crippen LogP contribution in [0.1, 0.15) is 0 Å². The van der Waals surface area contributed by atoms with Crippen LogP contribution in [0.2, 0.25) is 0 Å². The maximum absolute atomic E-state index is 12.3. The van der Waals surface area contributed by atoms with E-state index in [2.05, 4.69) is 11.6 Å². The Kier molecular flexibility index (Phi) is 2.77. The van der Waals surface area contributed by atoms with Gasteiger partial charge in [0.25, 0.3) is 0 Å². The molecule has 0 N–H and O–H groups in total. The van der Waals surface area contributed by atoms with Gasteiger partial charge in [0.1, 0.15) is 0 Å². The first-order valence-electron chi connectivity index (χ1n) is 3.85. The summed E-state index contributed by atoms with van der Waals surface area (Å²) in [6.07, 6.45) is 0. The average Bonchev–Trinajstić information content (AvgIpc) is 1.80. The quantitative estimate of drug-likeness (QED) is 0.626. The van der Waals surface area contributed by atoms with Crippen molar-refractivity contribution in [3.05, 3.63) is 0 Å². The average molecular weight is 213 g/mol. The predicted molar refractivity (Wildman–Crippen MR) is 44.9 cm³/mol. The monoisotopic (exact) mass is 212 g/mol. The molecule has 0 aromatic carbocycles. The Bertz CT molecular complexity index is 211. The first-order valence-corrected chi connectivity index (χ1v) is 4.22. The van der Waals surface area contributed by atoms with E-state index < -0.39 is 11.3 Å². The summed E-state index contributed by atoms with van der Waals surface area (Å²) in [6, 6.07) is 0.169. The van der Waals surface area contributed by atoms with E-state index in [-0.39, 0.29) is 6.04 Å². The number of rotatable bonds is 2. The molecule has 0 atom stereocenters. The van der Waals surface area contributed by atoms with Crippen molar-refractivity contribution in [2.24, 2.45) is 0 Å². The summed E-state index contributed by atoms with van der Waals surface area (Å²) in [5.74, 6) is -1.30. The minimum absolute atomic E-state index is 0.169. The molecular weight excluding hydrogens is 202 g/mol. The third-order valence-electron chi connectivity index (χ3n) is 2.12. The lowest BCUT2D eigenvalue weighted by atomic mass is 10.1. The Morgan fingerprint density at radius 2 is 2.00 bits per heavy atom. The number of likely N-dealkylation sites (N-methyl/N-ethyl adjacent to an activating group) is 1. The largest absolute Gasteiger partial charge is 0.399 e. The van der Waals surface area contributed by atoms with Gasteiger partial charge < -0.3 is 9.80 Å². The third kappa shape index (κ3) is 2.28. The summed E-state index contributed by atoms with van der Waals surface area (Å²) >= 11 is 4.58. The number of nitrogens with zero attached hydrogens (tertiary/aromatic N) is 2. The number of halogens is 3. The van der Waals surface area contributed by atoms with E-state index in [1.54, 1.807) is 0 Å². The summed E-state index contributed by atoms with van der Waals surface area (Å²) in [5.41, 5.74) is 0. The van der Waals surface area contributed by atoms with Gasteiger partial charge in [-0.2, -0.15) is 8.78 Å². The van der Waals surface area contributed by atoms with Crippen LogP contribution in [0.25, 0.3) is 0 Å². The summed E-state index contributed by atoms with van der Waals surface area (Å²) in [5, 5.41) is -3.75. The Morgan fingerprint density at radius 3 is 2.31 bits per heavy atom. The lowest BCUT2D eigenvalue weighted by molar-refractivity contribution is -0.154. The SMILES string of the molecule is CN(C)C1CN(C(=O)C(F)(F)Cl)C1. The third-order valence-corrected chi connectivity index (χ3v) is 2.28. The van der Waals surface area contributed by atoms with Crippen LogP contribution in [0.15, 0.2) is 0 Å². The van der Waals surface area contributed by atoms with Crippen LogP contribution in [0, 0.1) is 0 Å². The van der Waals surface area contributed by atoms with Gasteiger partial charge >= 0.3 is 11.3 Å². The zero-order valence-corrected chi connectivity index (χ0v) is 8.18. The van der Waals surface area contributed by atoms with Crippen LogP contribution in [0.4, 0.5) is 8.78 Å². The van der Waals surface area contributed by atoms with Crippen LogP contribution in [0.3, 0.4) is 0 Å². The summed E-state index contributed by atoms with van der Waals surface area (Å²) in [4.78, 5) is 13.8. The number of carbonyl (C=O) groups excluding carboxylic acids is 1. The number of hydrogen-bond acceptors (Lipinski definition) is 2. The highest BCUT2D eigenvalue weighted by Gasteiger charge is 2.44. The molecule has 0 bridgehead atoms. The lowest BCUT2D eigenvalue weighted by Crippen LogP contribution is -2.61. The van der Waals surface area contributed by atoms with Crippen molar-refractivity contribution in [3.63, 3.8) is 0 Å². The minimum atomic E-state index is -3.75. The van der Waals surface area contributed by atoms with E-state index in [1.807, 2.05) is 19.0 Å². The topological polar surface area (TPSA) is 23.6 Å². The normalized spacial score (nSPS) is 19.1. The van der Waals surface area contributed by atoms with E-state index >= 15 is 0 Å². The molecule has 6 heteroatoms. The van der Waals surface area contributed by atoms with Gasteiger partial charge in [0.05, 0.1) is 0 Å². The van der Waals surface area contributed by atoms with Crippen LogP contribution in [0.5, 0.6) is 0 Å². The Labute approximate surface area is 80.2 Å². The van der Waals surface area contributed by atoms with Gasteiger partial charge in [-0.05, 0) is 25.7 Å². The lowest BCUT2D eigenvalue weighted by Gasteiger charge is -2.43. The van der Waals surface area contributed by atoms with E-state index in [9.17, 15) is 13.6 Å². The van der Waals surface area contributed by atoms with Crippen LogP contribution in [-0.2, 0) is 4.79 Å². The first-order chi connectivity index (χ1) is 5.82. The molecule has 0 saturated carbocycles. The molecule has 76 valence electrons. The van der Waals surface area contributed by atoms with Crippen molar-refractivity contribution < 1.29 is 13.6 Å². The fourth-order valence-electron chi connectivity index (χ4n) is 1.13. The van der Waals surface area contributed by atoms with Crippen LogP contribution < -0.4 is 0 Å². The van der Waals surface area contributed by atoms with Crippen molar-refractivity contribution in [3.8, 4) is 0 Å². The van der Waals surface area contributed by atoms with Crippen molar-refractivity contribution in [1.82, 2.24) is 9.80 Å². The molecule has 1 rings (SSSR count). The molecule has 1 amide bonds. The molecule has 0 unspecified atom stereocenters. The van der Waals surface area contributed by atoms with E-state index in [4.69, 9.17) is 0 Å². The van der Waals surface area contributed by atoms with Crippen molar-refractivity contribution in [2.45, 2.75) is 11.4 Å². The molecule has 1 fully saturated rings. The zero-order chi connectivity index (χ0) is 10.2. The highest BCUT2D eigenvalue weighted by molar-refractivity contribution is 6.32. The van der Waals surface area contributed by atoms with Gasteiger partial charge in [0.2, 0.25) is 0 Å². The highest BCUT2D eigenvalue weighted by Crippen LogP contribution is 2.25. The number of amides is 1. The molecule has 13 heavy (non-hydrogen) atoms. The fourth-order valence-corrected chi connectivity index (χ4v) is 1.25. The second kappa shape index (κ2) is 3.38. The van der Waals surface area contributed by atoms with Crippen molar-refractivity contribution in [2.75, 3.05) is 27.2 Å². The maximum atomic E-state index is 12.3. The highest BCUT2D eigenvalue weighted by atomic mass is 35.5. The standard InChI is InChI=1S/C7H11ClF2N2O/c1-11(2)5-3-12(4-5)6(13)7(8,9)10/h5H,3-4H2,1-2H3. The van der Waals surface area contributed by atoms with Crippen molar-refractivity contribution >= 4 is 17.5 Å². The molecule has 1 aliphatic heterocycles. The first kappa shape index (κ1) is 10.7. The smallest absolute Gasteiger partial charge is 0.333 e. The second-order valence-corrected chi connectivity index (χ2v) is 3.80. The Hall–Kier alpha value is -0.420. The second-order valence-electron chi connectivity index (χ2n) is 3.33. The fraction of sp³-hybridized carbons (Fsp3) is 0.857. The number of alkyl halides is 3. The van der Waals surface area contributed by atoms with Crippen LogP contribution >= 0.6 is 11.6 Å². The Morgan fingerprint density at radius 1 is 1.54 bits per heavy atom. The zero-order valence-electron chi connectivity index (χ0n) is 7.43. The Balaban J connectivity index is 2.40. The predicted octanol–water partition coefficient (Wildman–Crippen LogP) is 0.590. The van der Waals surface area contributed by atoms with E-state index in [0.717, 1.165) is 4.90 Å². The minimum Gasteiger partial charge on any atom is -0.333 e. The van der Waals surface area contributed by atoms with Crippen LogP contribution in [-0.4, -0.2) is 54.3 Å². The maximum Gasteiger partial charge on any atom is 0.399 e. The van der Waals surface area contributed by atoms with E-state index in [0.29, 0.717) is 13.1 Å². The number of hydrogen-bond donors (Lipinski definition) is 0. The molecule has 0 aliphatic carbocycles. The summed E-state index contributed by atoms with van der Waals surface area (Å²) in [7, 11) is 3.68. The summed E-state index contributed by atoms with van der Waals surface area (Å²) in [6.45, 7) is 0.655. The number of carbonyl (C=O) groups is 1. The molecule has 0 aromatic heterocycles. The molecule has 1 aliphatic rings. The van der Waals surface area contributed by atoms with Gasteiger partial charge in [-0.25, -0.2) is 0 Å². The van der Waals surface area contributed by atoms with E-state index in [1.165, 1.54) is 0 Å². The molecule has 1 saturated heterocycles. The molecule has 3 nitrogen and oxygen atoms in total. The van der Waals surface area contributed by atoms with Gasteiger partial charge in [-0.15, -0.1) is 0 Å². The van der Waals surface area contributed by atoms with Gasteiger partial charge in [0.15, 0.2) is 0 Å².